The second-order valence-electron chi connectivity index (χ2n) is 7.41. The van der Waals surface area contributed by atoms with E-state index >= 15 is 0 Å². The molecule has 6 nitrogen and oxygen atoms in total. The Hall–Kier alpha value is -1.30. The van der Waals surface area contributed by atoms with Crippen LogP contribution < -0.4 is 16.0 Å². The van der Waals surface area contributed by atoms with Gasteiger partial charge in [-0.2, -0.15) is 0 Å². The predicted octanol–water partition coefficient (Wildman–Crippen LogP) is 2.30. The molecular formula is C19H38N4O2. The number of aliphatic imine (C=N–C) groups is 1. The molecule has 1 amide bonds. The van der Waals surface area contributed by atoms with Crippen molar-refractivity contribution >= 4 is 11.9 Å². The highest BCUT2D eigenvalue weighted by Crippen LogP contribution is 2.30. The highest BCUT2D eigenvalue weighted by atomic mass is 16.5. The van der Waals surface area contributed by atoms with Crippen LogP contribution in [0.25, 0.3) is 0 Å². The molecule has 0 saturated heterocycles. The van der Waals surface area contributed by atoms with E-state index in [1.165, 1.54) is 25.7 Å². The van der Waals surface area contributed by atoms with Gasteiger partial charge in [0.2, 0.25) is 5.91 Å². The maximum atomic E-state index is 11.9. The lowest BCUT2D eigenvalue weighted by atomic mass is 9.93. The Kier molecular flexibility index (Phi) is 9.86. The zero-order valence-electron chi connectivity index (χ0n) is 16.8. The van der Waals surface area contributed by atoms with E-state index in [1.54, 1.807) is 7.05 Å². The van der Waals surface area contributed by atoms with E-state index < -0.39 is 5.41 Å². The van der Waals surface area contributed by atoms with Crippen molar-refractivity contribution in [3.8, 4) is 0 Å². The van der Waals surface area contributed by atoms with Gasteiger partial charge >= 0.3 is 0 Å². The molecule has 25 heavy (non-hydrogen) atoms. The number of ether oxygens (including phenoxy) is 1. The number of carbonyl (C=O) groups is 1. The van der Waals surface area contributed by atoms with Crippen LogP contribution in [0.4, 0.5) is 0 Å². The van der Waals surface area contributed by atoms with Crippen LogP contribution in [0, 0.1) is 11.3 Å². The van der Waals surface area contributed by atoms with Gasteiger partial charge in [-0.1, -0.05) is 12.8 Å². The molecule has 0 aromatic rings. The van der Waals surface area contributed by atoms with Crippen LogP contribution >= 0.6 is 0 Å². The molecule has 6 heteroatoms. The molecule has 0 heterocycles. The zero-order chi connectivity index (χ0) is 18.7. The molecule has 0 spiro atoms. The van der Waals surface area contributed by atoms with Gasteiger partial charge in [0, 0.05) is 26.7 Å². The lowest BCUT2D eigenvalue weighted by molar-refractivity contribution is -0.128. The molecule has 1 aliphatic rings. The van der Waals surface area contributed by atoms with Crippen LogP contribution in [0.5, 0.6) is 0 Å². The fourth-order valence-corrected chi connectivity index (χ4v) is 3.36. The summed E-state index contributed by atoms with van der Waals surface area (Å²) in [5.41, 5.74) is -0.519. The van der Waals surface area contributed by atoms with Gasteiger partial charge in [-0.05, 0) is 52.9 Å². The Morgan fingerprint density at radius 3 is 2.48 bits per heavy atom. The molecule has 1 rings (SSSR count). The third-order valence-electron chi connectivity index (χ3n) is 4.85. The number of hydrogen-bond acceptors (Lipinski definition) is 3. The Labute approximate surface area is 153 Å². The molecule has 0 aliphatic heterocycles. The van der Waals surface area contributed by atoms with Gasteiger partial charge in [-0.3, -0.25) is 9.79 Å². The van der Waals surface area contributed by atoms with Crippen molar-refractivity contribution < 1.29 is 9.53 Å². The summed E-state index contributed by atoms with van der Waals surface area (Å²) in [7, 11) is 1.66. The predicted molar refractivity (Wildman–Crippen MR) is 104 cm³/mol. The normalized spacial score (nSPS) is 17.4. The number of amides is 1. The highest BCUT2D eigenvalue weighted by molar-refractivity contribution is 5.83. The van der Waals surface area contributed by atoms with Gasteiger partial charge in [0.15, 0.2) is 5.96 Å². The van der Waals surface area contributed by atoms with Gasteiger partial charge in [0.05, 0.1) is 18.1 Å². The Morgan fingerprint density at radius 1 is 1.24 bits per heavy atom. The average Bonchev–Trinajstić information content (AvgIpc) is 3.12. The summed E-state index contributed by atoms with van der Waals surface area (Å²) in [6, 6.07) is 0. The minimum Gasteiger partial charge on any atom is -0.378 e. The summed E-state index contributed by atoms with van der Waals surface area (Å²) in [5, 5.41) is 9.34. The van der Waals surface area contributed by atoms with E-state index in [0.717, 1.165) is 32.1 Å². The molecule has 1 aliphatic carbocycles. The first-order valence-electron chi connectivity index (χ1n) is 9.80. The van der Waals surface area contributed by atoms with Crippen molar-refractivity contribution in [2.75, 3.05) is 33.3 Å². The number of guanidine groups is 1. The summed E-state index contributed by atoms with van der Waals surface area (Å²) >= 11 is 0. The molecule has 1 atom stereocenters. The van der Waals surface area contributed by atoms with Crippen molar-refractivity contribution in [3.63, 3.8) is 0 Å². The summed E-state index contributed by atoms with van der Waals surface area (Å²) < 4.78 is 5.97. The largest absolute Gasteiger partial charge is 0.378 e. The first-order valence-corrected chi connectivity index (χ1v) is 9.80. The molecular weight excluding hydrogens is 316 g/mol. The van der Waals surface area contributed by atoms with E-state index in [4.69, 9.17) is 4.74 Å². The van der Waals surface area contributed by atoms with Gasteiger partial charge in [-0.15, -0.1) is 0 Å². The first-order chi connectivity index (χ1) is 11.9. The molecule has 0 bridgehead atoms. The maximum absolute atomic E-state index is 11.9. The second kappa shape index (κ2) is 11.3. The van der Waals surface area contributed by atoms with Crippen LogP contribution in [0.15, 0.2) is 4.99 Å². The standard InChI is InChI=1S/C19H38N4O2/c1-6-21-18(23-14-19(3,4)17(24)20-5)22-13-12-16(25-7-2)15-10-8-9-11-15/h15-16H,6-14H2,1-5H3,(H,20,24)(H2,21,22,23). The zero-order valence-corrected chi connectivity index (χ0v) is 16.8. The summed E-state index contributed by atoms with van der Waals surface area (Å²) in [4.78, 5) is 16.5. The van der Waals surface area contributed by atoms with Crippen molar-refractivity contribution in [1.29, 1.82) is 0 Å². The van der Waals surface area contributed by atoms with E-state index in [-0.39, 0.29) is 5.91 Å². The Morgan fingerprint density at radius 2 is 1.92 bits per heavy atom. The summed E-state index contributed by atoms with van der Waals surface area (Å²) in [6.07, 6.45) is 6.57. The Bertz CT molecular complexity index is 418. The quantitative estimate of drug-likeness (QED) is 0.416. The van der Waals surface area contributed by atoms with E-state index in [9.17, 15) is 4.79 Å². The lowest BCUT2D eigenvalue weighted by Crippen LogP contribution is -2.42. The molecule has 0 aromatic carbocycles. The number of hydrogen-bond donors (Lipinski definition) is 3. The van der Waals surface area contributed by atoms with Crippen molar-refractivity contribution in [2.24, 2.45) is 16.3 Å². The monoisotopic (exact) mass is 354 g/mol. The van der Waals surface area contributed by atoms with E-state index in [1.807, 2.05) is 20.8 Å². The fourth-order valence-electron chi connectivity index (χ4n) is 3.36. The molecule has 1 unspecified atom stereocenters. The minimum absolute atomic E-state index is 0.00439. The summed E-state index contributed by atoms with van der Waals surface area (Å²) in [5.74, 6) is 1.47. The number of nitrogens with one attached hydrogen (secondary N) is 3. The molecule has 3 N–H and O–H groups in total. The third kappa shape index (κ3) is 7.63. The van der Waals surface area contributed by atoms with Crippen molar-refractivity contribution in [1.82, 2.24) is 16.0 Å². The van der Waals surface area contributed by atoms with Gasteiger partial charge in [0.1, 0.15) is 0 Å². The molecule has 146 valence electrons. The van der Waals surface area contributed by atoms with Crippen LogP contribution in [0.3, 0.4) is 0 Å². The smallest absolute Gasteiger partial charge is 0.227 e. The van der Waals surface area contributed by atoms with Crippen LogP contribution in [-0.4, -0.2) is 51.3 Å². The van der Waals surface area contributed by atoms with Crippen LogP contribution in [0.2, 0.25) is 0 Å². The number of carbonyl (C=O) groups excluding carboxylic acids is 1. The molecule has 1 saturated carbocycles. The van der Waals surface area contributed by atoms with E-state index in [0.29, 0.717) is 18.6 Å². The number of nitrogens with zero attached hydrogens (tertiary/aromatic N) is 1. The van der Waals surface area contributed by atoms with E-state index in [2.05, 4.69) is 27.9 Å². The summed E-state index contributed by atoms with van der Waals surface area (Å²) in [6.45, 7) is 10.8. The third-order valence-corrected chi connectivity index (χ3v) is 4.85. The van der Waals surface area contributed by atoms with Crippen LogP contribution in [-0.2, 0) is 9.53 Å². The maximum Gasteiger partial charge on any atom is 0.227 e. The average molecular weight is 355 g/mol. The molecule has 0 radical (unpaired) electrons. The van der Waals surface area contributed by atoms with Crippen molar-refractivity contribution in [2.45, 2.75) is 65.9 Å². The highest BCUT2D eigenvalue weighted by Gasteiger charge is 2.27. The second-order valence-corrected chi connectivity index (χ2v) is 7.41. The minimum atomic E-state index is -0.519. The first kappa shape index (κ1) is 21.7. The lowest BCUT2D eigenvalue weighted by Gasteiger charge is -2.24. The number of rotatable bonds is 10. The SMILES string of the molecule is CCNC(=NCC(C)(C)C(=O)NC)NCCC(OCC)C1CCCC1. The fraction of sp³-hybridized carbons (Fsp3) is 0.895. The molecule has 1 fully saturated rings. The Balaban J connectivity index is 2.52. The van der Waals surface area contributed by atoms with Gasteiger partial charge in [-0.25, -0.2) is 0 Å². The van der Waals surface area contributed by atoms with Gasteiger partial charge < -0.3 is 20.7 Å². The topological polar surface area (TPSA) is 74.8 Å². The van der Waals surface area contributed by atoms with Gasteiger partial charge in [0.25, 0.3) is 0 Å². The van der Waals surface area contributed by atoms with Crippen molar-refractivity contribution in [3.05, 3.63) is 0 Å². The van der Waals surface area contributed by atoms with Crippen LogP contribution in [0.1, 0.15) is 59.8 Å². The molecule has 0 aromatic heterocycles.